The number of aryl methyl sites for hydroxylation is 1. The van der Waals surface area contributed by atoms with Crippen LogP contribution in [-0.2, 0) is 11.8 Å². The summed E-state index contributed by atoms with van der Waals surface area (Å²) in [5.41, 5.74) is 3.95. The van der Waals surface area contributed by atoms with Crippen LogP contribution in [-0.4, -0.2) is 27.0 Å². The highest BCUT2D eigenvalue weighted by molar-refractivity contribution is 7.99. The van der Waals surface area contributed by atoms with Crippen molar-refractivity contribution in [2.24, 2.45) is 7.05 Å². The van der Waals surface area contributed by atoms with E-state index in [1.807, 2.05) is 49.5 Å². The van der Waals surface area contributed by atoms with Crippen LogP contribution in [0.4, 0.5) is 5.69 Å². The molecule has 1 amide bonds. The van der Waals surface area contributed by atoms with Crippen molar-refractivity contribution in [1.29, 1.82) is 0 Å². The number of nitrogens with one attached hydrogen (secondary N) is 1. The lowest BCUT2D eigenvalue weighted by molar-refractivity contribution is -0.115. The fraction of sp³-hybridized carbons (Fsp3) is 0.263. The second-order valence-corrected chi connectivity index (χ2v) is 6.95. The highest BCUT2D eigenvalue weighted by atomic mass is 32.2. The van der Waals surface area contributed by atoms with Gasteiger partial charge in [-0.2, -0.15) is 11.8 Å². The summed E-state index contributed by atoms with van der Waals surface area (Å²) >= 11 is 1.78. The molecule has 24 heavy (non-hydrogen) atoms. The second-order valence-electron chi connectivity index (χ2n) is 5.56. The Balaban J connectivity index is 1.74. The quantitative estimate of drug-likeness (QED) is 0.680. The van der Waals surface area contributed by atoms with E-state index in [0.717, 1.165) is 39.6 Å². The van der Waals surface area contributed by atoms with Crippen molar-refractivity contribution >= 4 is 34.4 Å². The van der Waals surface area contributed by atoms with E-state index in [0.29, 0.717) is 6.42 Å². The van der Waals surface area contributed by atoms with E-state index in [1.54, 1.807) is 11.8 Å². The molecule has 3 aromatic rings. The van der Waals surface area contributed by atoms with Gasteiger partial charge in [-0.3, -0.25) is 4.79 Å². The minimum Gasteiger partial charge on any atom is -0.327 e. The van der Waals surface area contributed by atoms with Gasteiger partial charge in [0.1, 0.15) is 5.82 Å². The summed E-state index contributed by atoms with van der Waals surface area (Å²) in [6.07, 6.45) is 0.547. The zero-order valence-electron chi connectivity index (χ0n) is 14.0. The predicted octanol–water partition coefficient (Wildman–Crippen LogP) is 4.32. The smallest absolute Gasteiger partial charge is 0.225 e. The molecule has 3 rings (SSSR count). The van der Waals surface area contributed by atoms with Gasteiger partial charge in [0.25, 0.3) is 0 Å². The third-order valence-corrected chi connectivity index (χ3v) is 4.79. The first-order valence-corrected chi connectivity index (χ1v) is 9.24. The predicted molar refractivity (Wildman–Crippen MR) is 102 cm³/mol. The van der Waals surface area contributed by atoms with E-state index >= 15 is 0 Å². The molecular weight excluding hydrogens is 318 g/mol. The number of benzene rings is 2. The Kier molecular flexibility index (Phi) is 5.20. The van der Waals surface area contributed by atoms with E-state index in [9.17, 15) is 4.79 Å². The van der Waals surface area contributed by atoms with Gasteiger partial charge in [0.2, 0.25) is 5.91 Å². The van der Waals surface area contributed by atoms with Crippen molar-refractivity contribution in [3.63, 3.8) is 0 Å². The molecule has 1 heterocycles. The lowest BCUT2D eigenvalue weighted by atomic mass is 10.2. The fourth-order valence-electron chi connectivity index (χ4n) is 2.64. The van der Waals surface area contributed by atoms with Gasteiger partial charge in [0, 0.05) is 30.5 Å². The molecule has 0 aliphatic rings. The van der Waals surface area contributed by atoms with Crippen LogP contribution < -0.4 is 5.32 Å². The summed E-state index contributed by atoms with van der Waals surface area (Å²) < 4.78 is 2.09. The van der Waals surface area contributed by atoms with Gasteiger partial charge in [-0.25, -0.2) is 4.98 Å². The van der Waals surface area contributed by atoms with E-state index < -0.39 is 0 Å². The third kappa shape index (κ3) is 3.62. The van der Waals surface area contributed by atoms with Gasteiger partial charge >= 0.3 is 0 Å². The molecule has 0 atom stereocenters. The first-order valence-electron chi connectivity index (χ1n) is 8.08. The second kappa shape index (κ2) is 7.53. The van der Waals surface area contributed by atoms with Crippen LogP contribution >= 0.6 is 11.8 Å². The Morgan fingerprint density at radius 2 is 1.92 bits per heavy atom. The van der Waals surface area contributed by atoms with Gasteiger partial charge in [-0.15, -0.1) is 0 Å². The molecule has 0 fully saturated rings. The molecule has 4 nitrogen and oxygen atoms in total. The van der Waals surface area contributed by atoms with Gasteiger partial charge in [0.15, 0.2) is 0 Å². The molecule has 2 aromatic carbocycles. The summed E-state index contributed by atoms with van der Waals surface area (Å²) in [5.74, 6) is 2.89. The summed E-state index contributed by atoms with van der Waals surface area (Å²) in [5, 5.41) is 2.94. The summed E-state index contributed by atoms with van der Waals surface area (Å²) in [6, 6.07) is 15.9. The lowest BCUT2D eigenvalue weighted by Crippen LogP contribution is -2.12. The molecule has 5 heteroatoms. The van der Waals surface area contributed by atoms with Crippen LogP contribution in [0.15, 0.2) is 48.5 Å². The first kappa shape index (κ1) is 16.6. The maximum Gasteiger partial charge on any atom is 0.225 e. The number of amides is 1. The molecule has 124 valence electrons. The van der Waals surface area contributed by atoms with Crippen LogP contribution in [0.1, 0.15) is 13.3 Å². The van der Waals surface area contributed by atoms with Gasteiger partial charge < -0.3 is 9.88 Å². The number of nitrogens with zero attached hydrogens (tertiary/aromatic N) is 2. The molecular formula is C19H21N3OS. The monoisotopic (exact) mass is 339 g/mol. The van der Waals surface area contributed by atoms with Crippen LogP contribution in [0.3, 0.4) is 0 Å². The normalized spacial score (nSPS) is 10.9. The molecule has 0 spiro atoms. The number of para-hydroxylation sites is 2. The van der Waals surface area contributed by atoms with Crippen LogP contribution in [0.5, 0.6) is 0 Å². The molecule has 0 saturated heterocycles. The topological polar surface area (TPSA) is 46.9 Å². The number of carbonyl (C=O) groups excluding carboxylic acids is 1. The average Bonchev–Trinajstić information content (AvgIpc) is 2.93. The maximum atomic E-state index is 11.9. The van der Waals surface area contributed by atoms with Crippen LogP contribution in [0.2, 0.25) is 0 Å². The number of imidazole rings is 1. The van der Waals surface area contributed by atoms with E-state index in [1.165, 1.54) is 0 Å². The van der Waals surface area contributed by atoms with E-state index in [2.05, 4.69) is 22.9 Å². The molecule has 0 aliphatic heterocycles. The van der Waals surface area contributed by atoms with Crippen molar-refractivity contribution in [2.75, 3.05) is 16.8 Å². The number of thioether (sulfide) groups is 1. The lowest BCUT2D eigenvalue weighted by Gasteiger charge is -2.07. The third-order valence-electron chi connectivity index (χ3n) is 3.89. The Labute approximate surface area is 146 Å². The number of hydrogen-bond donors (Lipinski definition) is 1. The fourth-order valence-corrected chi connectivity index (χ4v) is 3.26. The molecule has 0 saturated carbocycles. The van der Waals surface area contributed by atoms with Crippen molar-refractivity contribution in [1.82, 2.24) is 9.55 Å². The zero-order chi connectivity index (χ0) is 16.9. The average molecular weight is 339 g/mol. The SMILES string of the molecule is CCSCCC(=O)Nc1ccc(-c2nc3ccccc3n2C)cc1. The largest absolute Gasteiger partial charge is 0.327 e. The standard InChI is InChI=1S/C19H21N3OS/c1-3-24-13-12-18(23)20-15-10-8-14(9-11-15)19-21-16-6-4-5-7-17(16)22(19)2/h4-11H,3,12-13H2,1-2H3,(H,20,23). The van der Waals surface area contributed by atoms with Crippen molar-refractivity contribution in [2.45, 2.75) is 13.3 Å². The molecule has 0 bridgehead atoms. The highest BCUT2D eigenvalue weighted by Crippen LogP contribution is 2.24. The Morgan fingerprint density at radius 1 is 1.17 bits per heavy atom. The number of anilines is 1. The van der Waals surface area contributed by atoms with Crippen LogP contribution in [0.25, 0.3) is 22.4 Å². The highest BCUT2D eigenvalue weighted by Gasteiger charge is 2.09. The molecule has 1 N–H and O–H groups in total. The van der Waals surface area contributed by atoms with Gasteiger partial charge in [-0.1, -0.05) is 19.1 Å². The number of fused-ring (bicyclic) bond motifs is 1. The van der Waals surface area contributed by atoms with E-state index in [-0.39, 0.29) is 5.91 Å². The molecule has 0 aliphatic carbocycles. The molecule has 0 radical (unpaired) electrons. The van der Waals surface area contributed by atoms with Gasteiger partial charge in [-0.05, 0) is 42.2 Å². The minimum absolute atomic E-state index is 0.0615. The first-order chi connectivity index (χ1) is 11.7. The maximum absolute atomic E-state index is 11.9. The minimum atomic E-state index is 0.0615. The number of rotatable bonds is 6. The number of hydrogen-bond acceptors (Lipinski definition) is 3. The molecule has 1 aromatic heterocycles. The summed E-state index contributed by atoms with van der Waals surface area (Å²) in [7, 11) is 2.02. The van der Waals surface area contributed by atoms with Crippen molar-refractivity contribution in [3.05, 3.63) is 48.5 Å². The number of aromatic nitrogens is 2. The van der Waals surface area contributed by atoms with Crippen molar-refractivity contribution in [3.8, 4) is 11.4 Å². The molecule has 0 unspecified atom stereocenters. The Hall–Kier alpha value is -2.27. The number of carbonyl (C=O) groups is 1. The summed E-state index contributed by atoms with van der Waals surface area (Å²) in [6.45, 7) is 2.10. The zero-order valence-corrected chi connectivity index (χ0v) is 14.8. The van der Waals surface area contributed by atoms with Crippen LogP contribution in [0, 0.1) is 0 Å². The summed E-state index contributed by atoms with van der Waals surface area (Å²) in [4.78, 5) is 16.6. The Morgan fingerprint density at radius 3 is 2.62 bits per heavy atom. The van der Waals surface area contributed by atoms with Gasteiger partial charge in [0.05, 0.1) is 11.0 Å². The Bertz CT molecular complexity index is 839. The van der Waals surface area contributed by atoms with Crippen molar-refractivity contribution < 1.29 is 4.79 Å². The van der Waals surface area contributed by atoms with E-state index in [4.69, 9.17) is 4.98 Å².